The predicted molar refractivity (Wildman–Crippen MR) is 93.6 cm³/mol. The van der Waals surface area contributed by atoms with Crippen LogP contribution in [-0.4, -0.2) is 41.3 Å². The molecular formula is C17H35ClN2O. The smallest absolute Gasteiger partial charge is 0.0894 e. The van der Waals surface area contributed by atoms with Gasteiger partial charge in [0.1, 0.15) is 0 Å². The molecule has 0 aromatic carbocycles. The number of nitrogens with zero attached hydrogens (tertiary/aromatic N) is 2. The molecule has 126 valence electrons. The highest BCUT2D eigenvalue weighted by molar-refractivity contribution is 5.85. The number of halogens is 1. The fourth-order valence-electron chi connectivity index (χ4n) is 2.74. The lowest BCUT2D eigenvalue weighted by Crippen LogP contribution is -2.27. The van der Waals surface area contributed by atoms with Gasteiger partial charge in [-0.15, -0.1) is 12.4 Å². The SMILES string of the molecule is CCCCCCCCCCCCN1C=CN(CCO)C1.Cl. The second-order valence-corrected chi connectivity index (χ2v) is 5.97. The molecule has 4 heteroatoms. The number of rotatable bonds is 13. The van der Waals surface area contributed by atoms with E-state index in [1.54, 1.807) is 0 Å². The molecule has 21 heavy (non-hydrogen) atoms. The maximum atomic E-state index is 8.88. The van der Waals surface area contributed by atoms with Gasteiger partial charge in [-0.25, -0.2) is 0 Å². The first-order chi connectivity index (χ1) is 9.86. The molecule has 0 fully saturated rings. The van der Waals surface area contributed by atoms with Gasteiger partial charge in [0.25, 0.3) is 0 Å². The molecule has 1 heterocycles. The first kappa shape index (κ1) is 20.6. The summed E-state index contributed by atoms with van der Waals surface area (Å²) in [6.45, 7) is 5.40. The monoisotopic (exact) mass is 318 g/mol. The fraction of sp³-hybridized carbons (Fsp3) is 0.882. The molecule has 1 aliphatic rings. The van der Waals surface area contributed by atoms with E-state index in [1.807, 2.05) is 0 Å². The van der Waals surface area contributed by atoms with Crippen LogP contribution in [0.4, 0.5) is 0 Å². The molecule has 0 aromatic heterocycles. The quantitative estimate of drug-likeness (QED) is 0.511. The zero-order chi connectivity index (χ0) is 14.5. The van der Waals surface area contributed by atoms with E-state index in [0.29, 0.717) is 0 Å². The number of unbranched alkanes of at least 4 members (excludes halogenated alkanes) is 9. The molecule has 0 saturated carbocycles. The van der Waals surface area contributed by atoms with E-state index in [4.69, 9.17) is 5.11 Å². The Morgan fingerprint density at radius 3 is 1.76 bits per heavy atom. The van der Waals surface area contributed by atoms with Crippen LogP contribution >= 0.6 is 12.4 Å². The van der Waals surface area contributed by atoms with E-state index in [0.717, 1.165) is 19.8 Å². The van der Waals surface area contributed by atoms with Crippen LogP contribution in [-0.2, 0) is 0 Å². The molecule has 0 aliphatic carbocycles. The summed E-state index contributed by atoms with van der Waals surface area (Å²) in [6.07, 6.45) is 18.2. The molecule has 0 amide bonds. The lowest BCUT2D eigenvalue weighted by molar-refractivity contribution is 0.204. The summed E-state index contributed by atoms with van der Waals surface area (Å²) in [6, 6.07) is 0. The van der Waals surface area contributed by atoms with Crippen LogP contribution < -0.4 is 0 Å². The molecule has 0 aromatic rings. The Morgan fingerprint density at radius 1 is 0.762 bits per heavy atom. The molecule has 1 N–H and O–H groups in total. The van der Waals surface area contributed by atoms with Gasteiger partial charge in [0.05, 0.1) is 13.3 Å². The number of β-amino-alcohol motifs (C(OH)–C–C–N with tert-alkyl or cyclic N) is 1. The van der Waals surface area contributed by atoms with Crippen LogP contribution in [0.2, 0.25) is 0 Å². The van der Waals surface area contributed by atoms with Crippen molar-refractivity contribution in [3.8, 4) is 0 Å². The van der Waals surface area contributed by atoms with Crippen molar-refractivity contribution in [1.29, 1.82) is 0 Å². The molecular weight excluding hydrogens is 284 g/mol. The van der Waals surface area contributed by atoms with E-state index in [-0.39, 0.29) is 19.0 Å². The maximum Gasteiger partial charge on any atom is 0.0894 e. The molecule has 0 spiro atoms. The normalized spacial score (nSPS) is 13.8. The Hall–Kier alpha value is -0.410. The van der Waals surface area contributed by atoms with Crippen molar-refractivity contribution >= 4 is 12.4 Å². The standard InChI is InChI=1S/C17H34N2O.ClH/c1-2-3-4-5-6-7-8-9-10-11-12-18-13-14-19(17-18)15-16-20;/h13-14,20H,2-12,15-17H2,1H3;1H. The van der Waals surface area contributed by atoms with Crippen LogP contribution in [0.15, 0.2) is 12.4 Å². The second kappa shape index (κ2) is 14.5. The summed E-state index contributed by atoms with van der Waals surface area (Å²) in [5.41, 5.74) is 0. The van der Waals surface area contributed by atoms with Crippen molar-refractivity contribution in [3.05, 3.63) is 12.4 Å². The van der Waals surface area contributed by atoms with E-state index in [1.165, 1.54) is 64.2 Å². The minimum absolute atomic E-state index is 0. The minimum Gasteiger partial charge on any atom is -0.395 e. The Kier molecular flexibility index (Phi) is 14.2. The topological polar surface area (TPSA) is 26.7 Å². The molecule has 0 saturated heterocycles. The van der Waals surface area contributed by atoms with Gasteiger partial charge in [-0.2, -0.15) is 0 Å². The first-order valence-electron chi connectivity index (χ1n) is 8.64. The highest BCUT2D eigenvalue weighted by Crippen LogP contribution is 2.12. The molecule has 0 unspecified atom stereocenters. The van der Waals surface area contributed by atoms with Crippen molar-refractivity contribution in [2.45, 2.75) is 71.1 Å². The van der Waals surface area contributed by atoms with Crippen LogP contribution in [0.5, 0.6) is 0 Å². The second-order valence-electron chi connectivity index (χ2n) is 5.97. The summed E-state index contributed by atoms with van der Waals surface area (Å²) in [7, 11) is 0. The van der Waals surface area contributed by atoms with E-state index >= 15 is 0 Å². The molecule has 0 radical (unpaired) electrons. The van der Waals surface area contributed by atoms with E-state index in [9.17, 15) is 0 Å². The summed E-state index contributed by atoms with van der Waals surface area (Å²) >= 11 is 0. The largest absolute Gasteiger partial charge is 0.395 e. The summed E-state index contributed by atoms with van der Waals surface area (Å²) in [5, 5.41) is 8.88. The Balaban J connectivity index is 0.00000400. The van der Waals surface area contributed by atoms with Gasteiger partial charge in [0, 0.05) is 25.5 Å². The summed E-state index contributed by atoms with van der Waals surface area (Å²) < 4.78 is 0. The predicted octanol–water partition coefficient (Wildman–Crippen LogP) is 4.37. The summed E-state index contributed by atoms with van der Waals surface area (Å²) in [5.74, 6) is 0. The third kappa shape index (κ3) is 10.9. The lowest BCUT2D eigenvalue weighted by Gasteiger charge is -2.20. The molecule has 1 aliphatic heterocycles. The lowest BCUT2D eigenvalue weighted by atomic mass is 10.1. The van der Waals surface area contributed by atoms with Gasteiger partial charge in [-0.3, -0.25) is 0 Å². The Bertz CT molecular complexity index is 249. The first-order valence-corrected chi connectivity index (χ1v) is 8.64. The van der Waals surface area contributed by atoms with E-state index in [2.05, 4.69) is 29.1 Å². The number of hydrogen-bond donors (Lipinski definition) is 1. The van der Waals surface area contributed by atoms with Crippen molar-refractivity contribution < 1.29 is 5.11 Å². The van der Waals surface area contributed by atoms with E-state index < -0.39 is 0 Å². The van der Waals surface area contributed by atoms with Gasteiger partial charge in [0.15, 0.2) is 0 Å². The van der Waals surface area contributed by atoms with Crippen molar-refractivity contribution in [2.24, 2.45) is 0 Å². The highest BCUT2D eigenvalue weighted by Gasteiger charge is 2.10. The van der Waals surface area contributed by atoms with Gasteiger partial charge < -0.3 is 14.9 Å². The van der Waals surface area contributed by atoms with Crippen LogP contribution in [0.25, 0.3) is 0 Å². The van der Waals surface area contributed by atoms with Crippen LogP contribution in [0.1, 0.15) is 71.1 Å². The Morgan fingerprint density at radius 2 is 1.24 bits per heavy atom. The highest BCUT2D eigenvalue weighted by atomic mass is 35.5. The number of aliphatic hydroxyl groups excluding tert-OH is 1. The van der Waals surface area contributed by atoms with Crippen LogP contribution in [0.3, 0.4) is 0 Å². The third-order valence-electron chi connectivity index (χ3n) is 4.04. The molecule has 0 atom stereocenters. The van der Waals surface area contributed by atoms with Crippen molar-refractivity contribution in [3.63, 3.8) is 0 Å². The number of hydrogen-bond acceptors (Lipinski definition) is 3. The molecule has 1 rings (SSSR count). The maximum absolute atomic E-state index is 8.88. The Labute approximate surface area is 137 Å². The minimum atomic E-state index is 0. The van der Waals surface area contributed by atoms with Gasteiger partial charge in [-0.05, 0) is 6.42 Å². The van der Waals surface area contributed by atoms with Gasteiger partial charge in [0.2, 0.25) is 0 Å². The third-order valence-corrected chi connectivity index (χ3v) is 4.04. The van der Waals surface area contributed by atoms with Gasteiger partial charge >= 0.3 is 0 Å². The average molecular weight is 319 g/mol. The number of aliphatic hydroxyl groups is 1. The zero-order valence-corrected chi connectivity index (χ0v) is 14.6. The van der Waals surface area contributed by atoms with Crippen molar-refractivity contribution in [1.82, 2.24) is 9.80 Å². The van der Waals surface area contributed by atoms with Crippen LogP contribution in [0, 0.1) is 0 Å². The summed E-state index contributed by atoms with van der Waals surface area (Å²) in [4.78, 5) is 4.51. The molecule has 0 bridgehead atoms. The average Bonchev–Trinajstić information content (AvgIpc) is 2.89. The molecule has 3 nitrogen and oxygen atoms in total. The fourth-order valence-corrected chi connectivity index (χ4v) is 2.74. The van der Waals surface area contributed by atoms with Gasteiger partial charge in [-0.1, -0.05) is 64.7 Å². The van der Waals surface area contributed by atoms with Crippen molar-refractivity contribution in [2.75, 3.05) is 26.4 Å². The zero-order valence-electron chi connectivity index (χ0n) is 13.8.